The van der Waals surface area contributed by atoms with Crippen molar-refractivity contribution in [1.82, 2.24) is 9.88 Å². The summed E-state index contributed by atoms with van der Waals surface area (Å²) in [6.45, 7) is 9.45. The van der Waals surface area contributed by atoms with Gasteiger partial charge in [-0.25, -0.2) is 0 Å². The van der Waals surface area contributed by atoms with Crippen LogP contribution in [0.5, 0.6) is 0 Å². The lowest BCUT2D eigenvalue weighted by Gasteiger charge is -2.36. The van der Waals surface area contributed by atoms with Crippen LogP contribution in [0.15, 0.2) is 18.2 Å². The molecule has 1 aromatic carbocycles. The molecule has 1 N–H and O–H groups in total. The summed E-state index contributed by atoms with van der Waals surface area (Å²) in [5.41, 5.74) is 4.33. The van der Waals surface area contributed by atoms with Gasteiger partial charge >= 0.3 is 0 Å². The van der Waals surface area contributed by atoms with Gasteiger partial charge in [-0.15, -0.1) is 0 Å². The fourth-order valence-corrected chi connectivity index (χ4v) is 3.33. The maximum Gasteiger partial charge on any atom is 0.254 e. The van der Waals surface area contributed by atoms with E-state index in [2.05, 4.69) is 32.7 Å². The Morgan fingerprint density at radius 2 is 2.00 bits per heavy atom. The number of benzene rings is 1. The highest BCUT2D eigenvalue weighted by atomic mass is 16.2. The van der Waals surface area contributed by atoms with Gasteiger partial charge in [0.1, 0.15) is 0 Å². The zero-order valence-electron chi connectivity index (χ0n) is 13.4. The molecule has 0 bridgehead atoms. The topological polar surface area (TPSA) is 36.1 Å². The molecule has 2 atom stereocenters. The van der Waals surface area contributed by atoms with Crippen LogP contribution in [0.1, 0.15) is 48.3 Å². The molecule has 1 aromatic heterocycles. The SMILES string of the molecule is Cc1[nH]c2ccc(C(=O)N3CC(C)CCC3C)cc2c1C. The third-order valence-electron chi connectivity index (χ3n) is 4.93. The van der Waals surface area contributed by atoms with Crippen molar-refractivity contribution in [2.45, 2.75) is 46.6 Å². The first-order valence-corrected chi connectivity index (χ1v) is 7.87. The molecule has 3 heteroatoms. The second-order valence-corrected chi connectivity index (χ2v) is 6.62. The number of carbonyl (C=O) groups excluding carboxylic acids is 1. The average molecular weight is 284 g/mol. The maximum absolute atomic E-state index is 12.8. The van der Waals surface area contributed by atoms with Crippen molar-refractivity contribution in [3.8, 4) is 0 Å². The summed E-state index contributed by atoms with van der Waals surface area (Å²) in [4.78, 5) is 18.2. The third-order valence-corrected chi connectivity index (χ3v) is 4.93. The summed E-state index contributed by atoms with van der Waals surface area (Å²) in [5, 5.41) is 1.16. The summed E-state index contributed by atoms with van der Waals surface area (Å²) >= 11 is 0. The molecular weight excluding hydrogens is 260 g/mol. The molecule has 0 radical (unpaired) electrons. The molecule has 1 saturated heterocycles. The molecule has 2 unspecified atom stereocenters. The van der Waals surface area contributed by atoms with E-state index in [0.717, 1.165) is 29.4 Å². The van der Waals surface area contributed by atoms with E-state index in [1.807, 2.05) is 23.1 Å². The molecular formula is C18H24N2O. The normalized spacial score (nSPS) is 22.8. The van der Waals surface area contributed by atoms with E-state index in [1.54, 1.807) is 0 Å². The number of hydrogen-bond donors (Lipinski definition) is 1. The van der Waals surface area contributed by atoms with Crippen LogP contribution in [-0.2, 0) is 0 Å². The van der Waals surface area contributed by atoms with Crippen LogP contribution in [0.3, 0.4) is 0 Å². The molecule has 3 nitrogen and oxygen atoms in total. The zero-order chi connectivity index (χ0) is 15.1. The second-order valence-electron chi connectivity index (χ2n) is 6.62. The number of hydrogen-bond acceptors (Lipinski definition) is 1. The van der Waals surface area contributed by atoms with Crippen molar-refractivity contribution in [2.24, 2.45) is 5.92 Å². The van der Waals surface area contributed by atoms with Gasteiger partial charge in [0.2, 0.25) is 0 Å². The highest BCUT2D eigenvalue weighted by Crippen LogP contribution is 2.26. The molecule has 0 spiro atoms. The van der Waals surface area contributed by atoms with E-state index in [0.29, 0.717) is 12.0 Å². The molecule has 1 aliphatic rings. The number of amides is 1. The van der Waals surface area contributed by atoms with Crippen LogP contribution in [-0.4, -0.2) is 28.4 Å². The number of carbonyl (C=O) groups is 1. The van der Waals surface area contributed by atoms with Crippen molar-refractivity contribution in [3.05, 3.63) is 35.0 Å². The monoisotopic (exact) mass is 284 g/mol. The lowest BCUT2D eigenvalue weighted by molar-refractivity contribution is 0.0574. The summed E-state index contributed by atoms with van der Waals surface area (Å²) in [7, 11) is 0. The smallest absolute Gasteiger partial charge is 0.254 e. The number of aryl methyl sites for hydroxylation is 2. The molecule has 112 valence electrons. The predicted molar refractivity (Wildman–Crippen MR) is 86.7 cm³/mol. The largest absolute Gasteiger partial charge is 0.358 e. The first-order chi connectivity index (χ1) is 9.97. The number of H-pyrrole nitrogens is 1. The highest BCUT2D eigenvalue weighted by Gasteiger charge is 2.27. The number of aromatic amines is 1. The summed E-state index contributed by atoms with van der Waals surface area (Å²) in [6, 6.07) is 6.37. The first-order valence-electron chi connectivity index (χ1n) is 7.87. The van der Waals surface area contributed by atoms with Gasteiger partial charge in [0.25, 0.3) is 5.91 Å². The first kappa shape index (κ1) is 14.2. The minimum atomic E-state index is 0.175. The molecule has 2 aromatic rings. The molecule has 21 heavy (non-hydrogen) atoms. The van der Waals surface area contributed by atoms with Gasteiger partial charge in [0.15, 0.2) is 0 Å². The maximum atomic E-state index is 12.8. The Labute approximate surface area is 126 Å². The van der Waals surface area contributed by atoms with Crippen LogP contribution in [0.4, 0.5) is 0 Å². The van der Waals surface area contributed by atoms with E-state index >= 15 is 0 Å². The van der Waals surface area contributed by atoms with Crippen LogP contribution in [0.25, 0.3) is 10.9 Å². The van der Waals surface area contributed by atoms with E-state index in [1.165, 1.54) is 17.7 Å². The van der Waals surface area contributed by atoms with Crippen molar-refractivity contribution < 1.29 is 4.79 Å². The Morgan fingerprint density at radius 3 is 2.76 bits per heavy atom. The minimum Gasteiger partial charge on any atom is -0.358 e. The van der Waals surface area contributed by atoms with E-state index in [4.69, 9.17) is 0 Å². The number of nitrogens with one attached hydrogen (secondary N) is 1. The van der Waals surface area contributed by atoms with Crippen molar-refractivity contribution in [1.29, 1.82) is 0 Å². The minimum absolute atomic E-state index is 0.175. The van der Waals surface area contributed by atoms with Crippen LogP contribution < -0.4 is 0 Å². The summed E-state index contributed by atoms with van der Waals surface area (Å²) < 4.78 is 0. The molecule has 1 amide bonds. The second kappa shape index (κ2) is 5.21. The van der Waals surface area contributed by atoms with Crippen LogP contribution in [0, 0.1) is 19.8 Å². The Bertz CT molecular complexity index is 686. The molecule has 3 rings (SSSR count). The van der Waals surface area contributed by atoms with Gasteiger partial charge < -0.3 is 9.88 Å². The number of aromatic nitrogens is 1. The molecule has 2 heterocycles. The van der Waals surface area contributed by atoms with Crippen molar-refractivity contribution in [2.75, 3.05) is 6.54 Å². The van der Waals surface area contributed by atoms with Gasteiger partial charge in [-0.05, 0) is 63.3 Å². The van der Waals surface area contributed by atoms with Gasteiger partial charge in [0, 0.05) is 34.7 Å². The van der Waals surface area contributed by atoms with Crippen LogP contribution >= 0.6 is 0 Å². The van der Waals surface area contributed by atoms with E-state index in [9.17, 15) is 4.79 Å². The van der Waals surface area contributed by atoms with Gasteiger partial charge in [0.05, 0.1) is 0 Å². The summed E-state index contributed by atoms with van der Waals surface area (Å²) in [6.07, 6.45) is 2.33. The zero-order valence-corrected chi connectivity index (χ0v) is 13.4. The summed E-state index contributed by atoms with van der Waals surface area (Å²) in [5.74, 6) is 0.777. The average Bonchev–Trinajstić information content (AvgIpc) is 2.76. The highest BCUT2D eigenvalue weighted by molar-refractivity contribution is 5.99. The fourth-order valence-electron chi connectivity index (χ4n) is 3.33. The number of rotatable bonds is 1. The Kier molecular flexibility index (Phi) is 3.52. The van der Waals surface area contributed by atoms with E-state index < -0.39 is 0 Å². The molecule has 1 fully saturated rings. The Balaban J connectivity index is 1.95. The van der Waals surface area contributed by atoms with Gasteiger partial charge in [-0.3, -0.25) is 4.79 Å². The fraction of sp³-hybridized carbons (Fsp3) is 0.500. The third kappa shape index (κ3) is 2.45. The molecule has 0 aliphatic carbocycles. The predicted octanol–water partition coefficient (Wildman–Crippen LogP) is 4.05. The molecule has 0 saturated carbocycles. The Hall–Kier alpha value is -1.77. The quantitative estimate of drug-likeness (QED) is 0.842. The number of likely N-dealkylation sites (tertiary alicyclic amines) is 1. The van der Waals surface area contributed by atoms with Gasteiger partial charge in [-0.1, -0.05) is 6.92 Å². The van der Waals surface area contributed by atoms with Gasteiger partial charge in [-0.2, -0.15) is 0 Å². The standard InChI is InChI=1S/C18H24N2O/c1-11-5-6-12(2)20(10-11)18(21)15-7-8-17-16(9-15)13(3)14(4)19-17/h7-9,11-12,19H,5-6,10H2,1-4H3. The van der Waals surface area contributed by atoms with E-state index in [-0.39, 0.29) is 5.91 Å². The number of nitrogens with zero attached hydrogens (tertiary/aromatic N) is 1. The molecule has 1 aliphatic heterocycles. The number of piperidine rings is 1. The van der Waals surface area contributed by atoms with Crippen molar-refractivity contribution in [3.63, 3.8) is 0 Å². The van der Waals surface area contributed by atoms with Crippen molar-refractivity contribution >= 4 is 16.8 Å². The lowest BCUT2D eigenvalue weighted by Crippen LogP contribution is -2.44. The number of fused-ring (bicyclic) bond motifs is 1. The lowest BCUT2D eigenvalue weighted by atomic mass is 9.94. The van der Waals surface area contributed by atoms with Crippen LogP contribution in [0.2, 0.25) is 0 Å². The Morgan fingerprint density at radius 1 is 1.24 bits per heavy atom.